The van der Waals surface area contributed by atoms with E-state index in [1.807, 2.05) is 25.1 Å². The van der Waals surface area contributed by atoms with Crippen LogP contribution in [0.25, 0.3) is 0 Å². The van der Waals surface area contributed by atoms with Gasteiger partial charge in [-0.25, -0.2) is 4.39 Å². The number of aryl methyl sites for hydroxylation is 1. The van der Waals surface area contributed by atoms with Gasteiger partial charge in [0.25, 0.3) is 0 Å². The summed E-state index contributed by atoms with van der Waals surface area (Å²) in [6.45, 7) is 1.96. The SMILES string of the molecule is Cc1cccc(C(O)Cc2ccc(F)cc2Cl)c1Br. The molecule has 0 bridgehead atoms. The van der Waals surface area contributed by atoms with Gasteiger partial charge in [0.2, 0.25) is 0 Å². The van der Waals surface area contributed by atoms with Gasteiger partial charge in [-0.05, 0) is 35.7 Å². The molecular weight excluding hydrogens is 331 g/mol. The van der Waals surface area contributed by atoms with E-state index in [1.54, 1.807) is 6.07 Å². The van der Waals surface area contributed by atoms with Gasteiger partial charge in [0.15, 0.2) is 0 Å². The molecule has 0 aromatic heterocycles. The molecule has 1 atom stereocenters. The summed E-state index contributed by atoms with van der Waals surface area (Å²) in [5.41, 5.74) is 2.59. The normalized spacial score (nSPS) is 12.5. The minimum atomic E-state index is -0.683. The predicted molar refractivity (Wildman–Crippen MR) is 79.0 cm³/mol. The van der Waals surface area contributed by atoms with E-state index in [0.29, 0.717) is 11.4 Å². The molecule has 1 N–H and O–H groups in total. The Labute approximate surface area is 125 Å². The fourth-order valence-electron chi connectivity index (χ4n) is 1.93. The number of aliphatic hydroxyl groups is 1. The minimum absolute atomic E-state index is 0.336. The first-order chi connectivity index (χ1) is 8.99. The number of rotatable bonds is 3. The lowest BCUT2D eigenvalue weighted by Crippen LogP contribution is -2.04. The molecule has 4 heteroatoms. The van der Waals surface area contributed by atoms with Crippen molar-refractivity contribution in [1.82, 2.24) is 0 Å². The number of benzene rings is 2. The van der Waals surface area contributed by atoms with Crippen LogP contribution in [0.3, 0.4) is 0 Å². The van der Waals surface area contributed by atoms with Gasteiger partial charge in [-0.1, -0.05) is 51.8 Å². The summed E-state index contributed by atoms with van der Waals surface area (Å²) in [7, 11) is 0. The van der Waals surface area contributed by atoms with Crippen molar-refractivity contribution in [3.8, 4) is 0 Å². The fourth-order valence-corrected chi connectivity index (χ4v) is 2.71. The van der Waals surface area contributed by atoms with E-state index in [9.17, 15) is 9.50 Å². The van der Waals surface area contributed by atoms with Gasteiger partial charge in [-0.2, -0.15) is 0 Å². The minimum Gasteiger partial charge on any atom is -0.388 e. The Hall–Kier alpha value is -0.900. The molecule has 2 aromatic rings. The van der Waals surface area contributed by atoms with E-state index in [-0.39, 0.29) is 5.82 Å². The first-order valence-corrected chi connectivity index (χ1v) is 7.03. The second-order valence-corrected chi connectivity index (χ2v) is 5.63. The smallest absolute Gasteiger partial charge is 0.124 e. The van der Waals surface area contributed by atoms with Crippen molar-refractivity contribution in [2.75, 3.05) is 0 Å². The summed E-state index contributed by atoms with van der Waals surface area (Å²) in [5, 5.41) is 10.6. The number of halogens is 3. The summed E-state index contributed by atoms with van der Waals surface area (Å²) in [4.78, 5) is 0. The largest absolute Gasteiger partial charge is 0.388 e. The summed E-state index contributed by atoms with van der Waals surface area (Å²) < 4.78 is 13.9. The van der Waals surface area contributed by atoms with Gasteiger partial charge in [0, 0.05) is 15.9 Å². The van der Waals surface area contributed by atoms with Crippen LogP contribution in [0.4, 0.5) is 4.39 Å². The van der Waals surface area contributed by atoms with Crippen LogP contribution < -0.4 is 0 Å². The van der Waals surface area contributed by atoms with Gasteiger partial charge in [0.1, 0.15) is 5.82 Å². The molecule has 0 fully saturated rings. The maximum absolute atomic E-state index is 13.0. The van der Waals surface area contributed by atoms with E-state index in [4.69, 9.17) is 11.6 Å². The second kappa shape index (κ2) is 6.04. The van der Waals surface area contributed by atoms with E-state index in [1.165, 1.54) is 12.1 Å². The predicted octanol–water partition coefficient (Wildman–Crippen LogP) is 4.83. The van der Waals surface area contributed by atoms with Crippen molar-refractivity contribution in [2.45, 2.75) is 19.4 Å². The van der Waals surface area contributed by atoms with Crippen LogP contribution in [0.1, 0.15) is 22.8 Å². The van der Waals surface area contributed by atoms with Crippen LogP contribution in [0, 0.1) is 12.7 Å². The fraction of sp³-hybridized carbons (Fsp3) is 0.200. The highest BCUT2D eigenvalue weighted by Crippen LogP contribution is 2.30. The maximum atomic E-state index is 13.0. The van der Waals surface area contributed by atoms with Crippen molar-refractivity contribution in [2.24, 2.45) is 0 Å². The highest BCUT2D eigenvalue weighted by Gasteiger charge is 2.15. The van der Waals surface area contributed by atoms with Gasteiger partial charge >= 0.3 is 0 Å². The lowest BCUT2D eigenvalue weighted by atomic mass is 10.00. The highest BCUT2D eigenvalue weighted by atomic mass is 79.9. The molecule has 0 aliphatic heterocycles. The van der Waals surface area contributed by atoms with E-state index in [2.05, 4.69) is 15.9 Å². The van der Waals surface area contributed by atoms with Crippen molar-refractivity contribution in [3.05, 3.63) is 68.4 Å². The molecule has 0 aliphatic rings. The molecule has 2 rings (SSSR count). The molecule has 1 nitrogen and oxygen atoms in total. The van der Waals surface area contributed by atoms with Gasteiger partial charge in [-0.15, -0.1) is 0 Å². The Morgan fingerprint density at radius 3 is 2.74 bits per heavy atom. The molecule has 0 saturated carbocycles. The van der Waals surface area contributed by atoms with Gasteiger partial charge < -0.3 is 5.11 Å². The molecule has 2 aromatic carbocycles. The molecule has 0 saturated heterocycles. The van der Waals surface area contributed by atoms with Crippen molar-refractivity contribution >= 4 is 27.5 Å². The van der Waals surface area contributed by atoms with Crippen molar-refractivity contribution < 1.29 is 9.50 Å². The van der Waals surface area contributed by atoms with Crippen molar-refractivity contribution in [3.63, 3.8) is 0 Å². The Kier molecular flexibility index (Phi) is 4.61. The highest BCUT2D eigenvalue weighted by molar-refractivity contribution is 9.10. The van der Waals surface area contributed by atoms with E-state index < -0.39 is 6.10 Å². The Morgan fingerprint density at radius 1 is 1.32 bits per heavy atom. The molecule has 100 valence electrons. The number of hydrogen-bond acceptors (Lipinski definition) is 1. The number of aliphatic hydroxyl groups excluding tert-OH is 1. The molecular formula is C15H13BrClFO. The third kappa shape index (κ3) is 3.35. The lowest BCUT2D eigenvalue weighted by molar-refractivity contribution is 0.177. The zero-order valence-corrected chi connectivity index (χ0v) is 12.7. The molecule has 0 spiro atoms. The number of hydrogen-bond donors (Lipinski definition) is 1. The van der Waals surface area contributed by atoms with Crippen molar-refractivity contribution in [1.29, 1.82) is 0 Å². The van der Waals surface area contributed by atoms with Gasteiger partial charge in [-0.3, -0.25) is 0 Å². The molecule has 0 heterocycles. The molecule has 19 heavy (non-hydrogen) atoms. The zero-order chi connectivity index (χ0) is 14.0. The molecule has 0 radical (unpaired) electrons. The Bertz CT molecular complexity index is 601. The monoisotopic (exact) mass is 342 g/mol. The topological polar surface area (TPSA) is 20.2 Å². The third-order valence-electron chi connectivity index (χ3n) is 3.01. The molecule has 0 amide bonds. The summed E-state index contributed by atoms with van der Waals surface area (Å²) in [6, 6.07) is 9.92. The summed E-state index contributed by atoms with van der Waals surface area (Å²) >= 11 is 9.44. The average molecular weight is 344 g/mol. The Balaban J connectivity index is 2.25. The summed E-state index contributed by atoms with van der Waals surface area (Å²) in [5.74, 6) is -0.375. The summed E-state index contributed by atoms with van der Waals surface area (Å²) in [6.07, 6.45) is -0.335. The standard InChI is InChI=1S/C15H13BrClFO/c1-9-3-2-4-12(15(9)16)14(19)7-10-5-6-11(18)8-13(10)17/h2-6,8,14,19H,7H2,1H3. The average Bonchev–Trinajstić information content (AvgIpc) is 2.36. The van der Waals surface area contributed by atoms with Crippen LogP contribution >= 0.6 is 27.5 Å². The quantitative estimate of drug-likeness (QED) is 0.846. The van der Waals surface area contributed by atoms with Crippen LogP contribution in [0.15, 0.2) is 40.9 Å². The van der Waals surface area contributed by atoms with Crippen LogP contribution in [0.2, 0.25) is 5.02 Å². The van der Waals surface area contributed by atoms with Gasteiger partial charge in [0.05, 0.1) is 6.10 Å². The lowest BCUT2D eigenvalue weighted by Gasteiger charge is -2.15. The molecule has 0 aliphatic carbocycles. The zero-order valence-electron chi connectivity index (χ0n) is 10.3. The van der Waals surface area contributed by atoms with Crippen LogP contribution in [-0.2, 0) is 6.42 Å². The first kappa shape index (κ1) is 14.5. The van der Waals surface area contributed by atoms with Crippen LogP contribution in [0.5, 0.6) is 0 Å². The maximum Gasteiger partial charge on any atom is 0.124 e. The second-order valence-electron chi connectivity index (χ2n) is 4.43. The molecule has 1 unspecified atom stereocenters. The first-order valence-electron chi connectivity index (χ1n) is 5.86. The Morgan fingerprint density at radius 2 is 2.05 bits per heavy atom. The van der Waals surface area contributed by atoms with E-state index >= 15 is 0 Å². The third-order valence-corrected chi connectivity index (χ3v) is 4.44. The van der Waals surface area contributed by atoms with E-state index in [0.717, 1.165) is 21.2 Å². The van der Waals surface area contributed by atoms with Crippen LogP contribution in [-0.4, -0.2) is 5.11 Å².